The molecule has 2 aromatic carbocycles. The molecule has 1 heterocycles. The van der Waals surface area contributed by atoms with Gasteiger partial charge in [-0.1, -0.05) is 18.2 Å². The lowest BCUT2D eigenvalue weighted by atomic mass is 9.99. The Morgan fingerprint density at radius 1 is 1.17 bits per heavy atom. The molecule has 0 radical (unpaired) electrons. The van der Waals surface area contributed by atoms with E-state index in [1.165, 1.54) is 42.2 Å². The van der Waals surface area contributed by atoms with Gasteiger partial charge in [0.1, 0.15) is 5.75 Å². The summed E-state index contributed by atoms with van der Waals surface area (Å²) in [6, 6.07) is 9.90. The third-order valence-corrected chi connectivity index (χ3v) is 5.35. The fourth-order valence-electron chi connectivity index (χ4n) is 2.67. The second-order valence-electron chi connectivity index (χ2n) is 6.00. The fourth-order valence-corrected chi connectivity index (χ4v) is 3.42. The molecule has 0 unspecified atom stereocenters. The van der Waals surface area contributed by atoms with Crippen molar-refractivity contribution in [3.63, 3.8) is 0 Å². The van der Waals surface area contributed by atoms with Crippen molar-refractivity contribution in [1.82, 2.24) is 24.9 Å². The number of aryl methyl sites for hydroxylation is 1. The zero-order chi connectivity index (χ0) is 21.2. The number of halogens is 3. The summed E-state index contributed by atoms with van der Waals surface area (Å²) in [5.41, 5.74) is 1.54. The van der Waals surface area contributed by atoms with Gasteiger partial charge in [-0.15, -0.1) is 23.4 Å². The Bertz CT molecular complexity index is 1130. The molecule has 0 amide bonds. The molecule has 0 spiro atoms. The summed E-state index contributed by atoms with van der Waals surface area (Å²) >= 11 is 0. The average molecular weight is 427 g/mol. The van der Waals surface area contributed by atoms with Gasteiger partial charge in [0.15, 0.2) is 0 Å². The van der Waals surface area contributed by atoms with Crippen LogP contribution in [0.4, 0.5) is 13.2 Å². The first-order chi connectivity index (χ1) is 13.6. The largest absolute Gasteiger partial charge is 0.573 e. The van der Waals surface area contributed by atoms with Crippen molar-refractivity contribution < 1.29 is 26.3 Å². The van der Waals surface area contributed by atoms with Crippen LogP contribution < -0.4 is 9.46 Å². The van der Waals surface area contributed by atoms with Gasteiger partial charge in [-0.05, 0) is 54.1 Å². The number of hydrogen-bond acceptors (Lipinski definition) is 6. The Balaban J connectivity index is 2.02. The molecule has 3 aromatic rings. The van der Waals surface area contributed by atoms with E-state index in [4.69, 9.17) is 0 Å². The van der Waals surface area contributed by atoms with Crippen molar-refractivity contribution in [3.05, 3.63) is 53.6 Å². The molecule has 3 rings (SSSR count). The van der Waals surface area contributed by atoms with Gasteiger partial charge in [0, 0.05) is 5.56 Å². The minimum absolute atomic E-state index is 0.000332. The number of hydrogen-bond donors (Lipinski definition) is 1. The molecule has 154 valence electrons. The maximum atomic E-state index is 12.5. The molecule has 0 saturated heterocycles. The summed E-state index contributed by atoms with van der Waals surface area (Å²) in [6.45, 7) is 0. The molecule has 1 N–H and O–H groups in total. The molecule has 1 aromatic heterocycles. The standard InChI is InChI=1S/C17H16F3N5O3S/c1-21-29(26,27)14-7-6-12(15(10-14)16-22-24-25(2)23-16)8-11-4-3-5-13(9-11)28-17(18,19)20/h3-7,9-10,21H,8H2,1-2H3. The summed E-state index contributed by atoms with van der Waals surface area (Å²) in [5, 5.41) is 11.8. The number of nitrogens with zero attached hydrogens (tertiary/aromatic N) is 4. The number of benzene rings is 2. The summed E-state index contributed by atoms with van der Waals surface area (Å²) in [6.07, 6.45) is -4.60. The van der Waals surface area contributed by atoms with E-state index in [-0.39, 0.29) is 22.9 Å². The van der Waals surface area contributed by atoms with Crippen molar-refractivity contribution in [2.24, 2.45) is 7.05 Å². The zero-order valence-electron chi connectivity index (χ0n) is 15.3. The Morgan fingerprint density at radius 3 is 2.55 bits per heavy atom. The number of alkyl halides is 3. The summed E-state index contributed by atoms with van der Waals surface area (Å²) < 4.78 is 67.9. The minimum Gasteiger partial charge on any atom is -0.406 e. The molecule has 29 heavy (non-hydrogen) atoms. The van der Waals surface area contributed by atoms with Crippen molar-refractivity contribution in [1.29, 1.82) is 0 Å². The summed E-state index contributed by atoms with van der Waals surface area (Å²) in [7, 11) is -0.871. The Morgan fingerprint density at radius 2 is 1.93 bits per heavy atom. The predicted octanol–water partition coefficient (Wildman–Crippen LogP) is 2.27. The van der Waals surface area contributed by atoms with Crippen LogP contribution in [0.1, 0.15) is 11.1 Å². The van der Waals surface area contributed by atoms with Gasteiger partial charge in [0.25, 0.3) is 0 Å². The molecule has 12 heteroatoms. The lowest BCUT2D eigenvalue weighted by molar-refractivity contribution is -0.274. The zero-order valence-corrected chi connectivity index (χ0v) is 16.1. The van der Waals surface area contributed by atoms with E-state index in [0.717, 1.165) is 0 Å². The fraction of sp³-hybridized carbons (Fsp3) is 0.235. The first-order valence-corrected chi connectivity index (χ1v) is 9.71. The first-order valence-electron chi connectivity index (χ1n) is 8.23. The van der Waals surface area contributed by atoms with Crippen molar-refractivity contribution >= 4 is 10.0 Å². The average Bonchev–Trinajstić information content (AvgIpc) is 3.07. The lowest BCUT2D eigenvalue weighted by Crippen LogP contribution is -2.18. The number of nitrogens with one attached hydrogen (secondary N) is 1. The van der Waals surface area contributed by atoms with Gasteiger partial charge in [0.05, 0.1) is 11.9 Å². The van der Waals surface area contributed by atoms with Crippen LogP contribution in [0.3, 0.4) is 0 Å². The third-order valence-electron chi connectivity index (χ3n) is 3.94. The third kappa shape index (κ3) is 5.09. The Labute approximate surface area is 164 Å². The second kappa shape index (κ2) is 7.79. The Kier molecular flexibility index (Phi) is 5.57. The number of tetrazole rings is 1. The van der Waals surface area contributed by atoms with Crippen LogP contribution >= 0.6 is 0 Å². The van der Waals surface area contributed by atoms with Crippen LogP contribution in [0.15, 0.2) is 47.4 Å². The van der Waals surface area contributed by atoms with E-state index < -0.39 is 16.4 Å². The maximum Gasteiger partial charge on any atom is 0.573 e. The lowest BCUT2D eigenvalue weighted by Gasteiger charge is -2.12. The van der Waals surface area contributed by atoms with Crippen LogP contribution in [0.2, 0.25) is 0 Å². The van der Waals surface area contributed by atoms with Crippen LogP contribution in [0.5, 0.6) is 5.75 Å². The van der Waals surface area contributed by atoms with Crippen LogP contribution in [-0.2, 0) is 23.5 Å². The minimum atomic E-state index is -4.80. The van der Waals surface area contributed by atoms with E-state index in [9.17, 15) is 21.6 Å². The van der Waals surface area contributed by atoms with Crippen LogP contribution in [-0.4, -0.2) is 42.0 Å². The van der Waals surface area contributed by atoms with Crippen molar-refractivity contribution in [2.45, 2.75) is 17.7 Å². The highest BCUT2D eigenvalue weighted by Gasteiger charge is 2.31. The smallest absolute Gasteiger partial charge is 0.406 e. The van der Waals surface area contributed by atoms with E-state index in [0.29, 0.717) is 16.7 Å². The summed E-state index contributed by atoms with van der Waals surface area (Å²) in [4.78, 5) is 1.22. The molecule has 8 nitrogen and oxygen atoms in total. The topological polar surface area (TPSA) is 99.0 Å². The normalized spacial score (nSPS) is 12.2. The van der Waals surface area contributed by atoms with E-state index in [1.807, 2.05) is 0 Å². The number of sulfonamides is 1. The molecule has 0 aliphatic carbocycles. The van der Waals surface area contributed by atoms with Gasteiger partial charge in [0.2, 0.25) is 15.8 Å². The monoisotopic (exact) mass is 427 g/mol. The molecule has 0 atom stereocenters. The molecule has 0 aliphatic heterocycles. The van der Waals surface area contributed by atoms with Gasteiger partial charge >= 0.3 is 6.36 Å². The molecular weight excluding hydrogens is 411 g/mol. The predicted molar refractivity (Wildman–Crippen MR) is 96.4 cm³/mol. The number of ether oxygens (including phenoxy) is 1. The van der Waals surface area contributed by atoms with E-state index >= 15 is 0 Å². The highest BCUT2D eigenvalue weighted by atomic mass is 32.2. The van der Waals surface area contributed by atoms with Crippen molar-refractivity contribution in [3.8, 4) is 17.1 Å². The molecule has 0 bridgehead atoms. The van der Waals surface area contributed by atoms with Gasteiger partial charge in [-0.3, -0.25) is 0 Å². The van der Waals surface area contributed by atoms with E-state index in [2.05, 4.69) is 24.9 Å². The highest BCUT2D eigenvalue weighted by Crippen LogP contribution is 2.28. The number of rotatable bonds is 6. The molecule has 0 fully saturated rings. The number of aromatic nitrogens is 4. The molecule has 0 saturated carbocycles. The second-order valence-corrected chi connectivity index (χ2v) is 7.89. The first kappa shape index (κ1) is 20.7. The van der Waals surface area contributed by atoms with Gasteiger partial charge in [-0.2, -0.15) is 4.80 Å². The summed E-state index contributed by atoms with van der Waals surface area (Å²) in [5.74, 6) is -0.151. The Hall–Kier alpha value is -2.99. The quantitative estimate of drug-likeness (QED) is 0.648. The van der Waals surface area contributed by atoms with Crippen molar-refractivity contribution in [2.75, 3.05) is 7.05 Å². The maximum absolute atomic E-state index is 12.5. The van der Waals surface area contributed by atoms with Gasteiger partial charge in [-0.25, -0.2) is 13.1 Å². The van der Waals surface area contributed by atoms with E-state index in [1.54, 1.807) is 19.2 Å². The molecular formula is C17H16F3N5O3S. The van der Waals surface area contributed by atoms with Gasteiger partial charge < -0.3 is 4.74 Å². The van der Waals surface area contributed by atoms with Crippen LogP contribution in [0.25, 0.3) is 11.4 Å². The molecule has 0 aliphatic rings. The SMILES string of the molecule is CNS(=O)(=O)c1ccc(Cc2cccc(OC(F)(F)F)c2)c(-c2nnn(C)n2)c1. The highest BCUT2D eigenvalue weighted by molar-refractivity contribution is 7.89. The van der Waals surface area contributed by atoms with Crippen LogP contribution in [0, 0.1) is 0 Å².